The number of carboxylic acids is 1. The third-order valence-electron chi connectivity index (χ3n) is 2.94. The van der Waals surface area contributed by atoms with Gasteiger partial charge < -0.3 is 15.3 Å². The molecule has 2 N–H and O–H groups in total. The fraction of sp³-hybridized carbons (Fsp3) is 0.818. The predicted octanol–water partition coefficient (Wildman–Crippen LogP) is 0.308. The van der Waals surface area contributed by atoms with Gasteiger partial charge in [-0.1, -0.05) is 13.8 Å². The van der Waals surface area contributed by atoms with Crippen LogP contribution in [0.4, 0.5) is 0 Å². The number of hydrogen-bond donors (Lipinski definition) is 2. The first-order valence-electron chi connectivity index (χ1n) is 5.82. The maximum atomic E-state index is 12.0. The molecule has 1 aliphatic rings. The van der Waals surface area contributed by atoms with E-state index in [4.69, 9.17) is 5.11 Å². The number of hydrogen-bond acceptors (Lipinski definition) is 3. The zero-order valence-electron chi connectivity index (χ0n) is 9.90. The maximum Gasteiger partial charge on any atom is 0.326 e. The van der Waals surface area contributed by atoms with Crippen molar-refractivity contribution in [2.24, 2.45) is 5.92 Å². The molecule has 92 valence electrons. The van der Waals surface area contributed by atoms with Gasteiger partial charge in [-0.05, 0) is 19.4 Å². The summed E-state index contributed by atoms with van der Waals surface area (Å²) in [7, 11) is 0. The lowest BCUT2D eigenvalue weighted by Crippen LogP contribution is -2.44. The van der Waals surface area contributed by atoms with Gasteiger partial charge in [0.25, 0.3) is 0 Å². The summed E-state index contributed by atoms with van der Waals surface area (Å²) in [5.41, 5.74) is 0. The van der Waals surface area contributed by atoms with Gasteiger partial charge in [0.05, 0.1) is 0 Å². The van der Waals surface area contributed by atoms with Crippen LogP contribution in [-0.2, 0) is 9.59 Å². The molecule has 0 aromatic rings. The average Bonchev–Trinajstić information content (AvgIpc) is 2.73. The monoisotopic (exact) mass is 228 g/mol. The quantitative estimate of drug-likeness (QED) is 0.710. The molecule has 1 heterocycles. The molecule has 1 amide bonds. The van der Waals surface area contributed by atoms with E-state index in [1.807, 2.05) is 13.8 Å². The molecular formula is C11H20N2O3. The summed E-state index contributed by atoms with van der Waals surface area (Å²) in [6.45, 7) is 5.82. The second-order valence-electron chi connectivity index (χ2n) is 4.24. The van der Waals surface area contributed by atoms with Gasteiger partial charge in [0, 0.05) is 19.0 Å². The molecule has 1 saturated heterocycles. The number of rotatable bonds is 5. The number of amides is 1. The standard InChI is InChI=1S/C11H20N2O3/c1-3-12-7-8(2)10(14)13-6-4-5-9(13)11(15)16/h8-9,12H,3-7H2,1-2H3,(H,15,16)/t8?,9-/m1/s1. The van der Waals surface area contributed by atoms with E-state index < -0.39 is 12.0 Å². The minimum atomic E-state index is -0.887. The zero-order valence-corrected chi connectivity index (χ0v) is 9.90. The number of likely N-dealkylation sites (tertiary alicyclic amines) is 1. The van der Waals surface area contributed by atoms with Crippen LogP contribution in [0.2, 0.25) is 0 Å². The molecule has 2 atom stereocenters. The number of nitrogens with one attached hydrogen (secondary N) is 1. The van der Waals surface area contributed by atoms with Crippen LogP contribution in [0.3, 0.4) is 0 Å². The first-order chi connectivity index (χ1) is 7.57. The fourth-order valence-corrected chi connectivity index (χ4v) is 2.02. The van der Waals surface area contributed by atoms with Gasteiger partial charge in [-0.25, -0.2) is 4.79 Å². The Morgan fingerprint density at radius 3 is 2.81 bits per heavy atom. The van der Waals surface area contributed by atoms with Gasteiger partial charge in [-0.15, -0.1) is 0 Å². The molecule has 0 aliphatic carbocycles. The van der Waals surface area contributed by atoms with E-state index in [9.17, 15) is 9.59 Å². The molecule has 5 nitrogen and oxygen atoms in total. The third-order valence-corrected chi connectivity index (χ3v) is 2.94. The molecule has 0 bridgehead atoms. The van der Waals surface area contributed by atoms with Crippen molar-refractivity contribution in [2.45, 2.75) is 32.7 Å². The Bertz CT molecular complexity index is 268. The maximum absolute atomic E-state index is 12.0. The predicted molar refractivity (Wildman–Crippen MR) is 60.1 cm³/mol. The Labute approximate surface area is 95.8 Å². The van der Waals surface area contributed by atoms with Crippen LogP contribution in [-0.4, -0.2) is 47.6 Å². The molecule has 0 aromatic carbocycles. The van der Waals surface area contributed by atoms with Crippen molar-refractivity contribution in [3.63, 3.8) is 0 Å². The third kappa shape index (κ3) is 2.95. The van der Waals surface area contributed by atoms with E-state index in [1.54, 1.807) is 0 Å². The minimum Gasteiger partial charge on any atom is -0.480 e. The van der Waals surface area contributed by atoms with Crippen molar-refractivity contribution in [1.29, 1.82) is 0 Å². The van der Waals surface area contributed by atoms with Crippen molar-refractivity contribution in [1.82, 2.24) is 10.2 Å². The van der Waals surface area contributed by atoms with E-state index in [0.29, 0.717) is 19.5 Å². The fourth-order valence-electron chi connectivity index (χ4n) is 2.02. The molecule has 0 aromatic heterocycles. The van der Waals surface area contributed by atoms with Crippen LogP contribution in [0.15, 0.2) is 0 Å². The lowest BCUT2D eigenvalue weighted by molar-refractivity contribution is -0.149. The molecular weight excluding hydrogens is 208 g/mol. The lowest BCUT2D eigenvalue weighted by atomic mass is 10.1. The molecule has 0 radical (unpaired) electrons. The highest BCUT2D eigenvalue weighted by Crippen LogP contribution is 2.19. The molecule has 1 fully saturated rings. The van der Waals surface area contributed by atoms with Crippen LogP contribution < -0.4 is 5.32 Å². The summed E-state index contributed by atoms with van der Waals surface area (Å²) in [6.07, 6.45) is 1.37. The Hall–Kier alpha value is -1.10. The van der Waals surface area contributed by atoms with Gasteiger partial charge in [0.2, 0.25) is 5.91 Å². The van der Waals surface area contributed by atoms with Crippen LogP contribution in [0.1, 0.15) is 26.7 Å². The van der Waals surface area contributed by atoms with E-state index in [1.165, 1.54) is 4.90 Å². The number of nitrogens with zero attached hydrogens (tertiary/aromatic N) is 1. The van der Waals surface area contributed by atoms with Crippen molar-refractivity contribution < 1.29 is 14.7 Å². The number of carboxylic acid groups (broad SMARTS) is 1. The largest absolute Gasteiger partial charge is 0.480 e. The Balaban J connectivity index is 2.55. The van der Waals surface area contributed by atoms with Crippen LogP contribution in [0, 0.1) is 5.92 Å². The molecule has 1 rings (SSSR count). The van der Waals surface area contributed by atoms with Gasteiger partial charge in [-0.2, -0.15) is 0 Å². The highest BCUT2D eigenvalue weighted by Gasteiger charge is 2.35. The van der Waals surface area contributed by atoms with Gasteiger partial charge in [0.15, 0.2) is 0 Å². The van der Waals surface area contributed by atoms with E-state index >= 15 is 0 Å². The Morgan fingerprint density at radius 2 is 2.25 bits per heavy atom. The second kappa shape index (κ2) is 5.84. The summed E-state index contributed by atoms with van der Waals surface area (Å²) in [4.78, 5) is 24.4. The van der Waals surface area contributed by atoms with Crippen LogP contribution in [0.5, 0.6) is 0 Å². The molecule has 5 heteroatoms. The number of carbonyl (C=O) groups excluding carboxylic acids is 1. The molecule has 1 unspecified atom stereocenters. The molecule has 16 heavy (non-hydrogen) atoms. The Kier molecular flexibility index (Phi) is 4.73. The minimum absolute atomic E-state index is 0.0501. The van der Waals surface area contributed by atoms with Gasteiger partial charge in [0.1, 0.15) is 6.04 Å². The summed E-state index contributed by atoms with van der Waals surface area (Å²) in [5.74, 6) is -1.09. The first kappa shape index (κ1) is 13.0. The second-order valence-corrected chi connectivity index (χ2v) is 4.24. The summed E-state index contributed by atoms with van der Waals surface area (Å²) in [6, 6.07) is -0.614. The van der Waals surface area contributed by atoms with Crippen molar-refractivity contribution >= 4 is 11.9 Å². The Morgan fingerprint density at radius 1 is 1.56 bits per heavy atom. The SMILES string of the molecule is CCNCC(C)C(=O)N1CCC[C@@H]1C(=O)O. The molecule has 0 saturated carbocycles. The number of carbonyl (C=O) groups is 2. The average molecular weight is 228 g/mol. The van der Waals surface area contributed by atoms with Crippen LogP contribution in [0.25, 0.3) is 0 Å². The normalized spacial score (nSPS) is 22.1. The van der Waals surface area contributed by atoms with E-state index in [0.717, 1.165) is 13.0 Å². The summed E-state index contributed by atoms with van der Waals surface area (Å²) < 4.78 is 0. The van der Waals surface area contributed by atoms with Gasteiger partial charge in [-0.3, -0.25) is 4.79 Å². The van der Waals surface area contributed by atoms with Crippen molar-refractivity contribution in [3.05, 3.63) is 0 Å². The lowest BCUT2D eigenvalue weighted by Gasteiger charge is -2.24. The van der Waals surface area contributed by atoms with Crippen molar-refractivity contribution in [2.75, 3.05) is 19.6 Å². The number of aliphatic carboxylic acids is 1. The topological polar surface area (TPSA) is 69.6 Å². The van der Waals surface area contributed by atoms with E-state index in [2.05, 4.69) is 5.32 Å². The molecule has 1 aliphatic heterocycles. The summed E-state index contributed by atoms with van der Waals surface area (Å²) >= 11 is 0. The summed E-state index contributed by atoms with van der Waals surface area (Å²) in [5, 5.41) is 12.1. The zero-order chi connectivity index (χ0) is 12.1. The molecule has 0 spiro atoms. The first-order valence-corrected chi connectivity index (χ1v) is 5.82. The smallest absolute Gasteiger partial charge is 0.326 e. The van der Waals surface area contributed by atoms with E-state index in [-0.39, 0.29) is 11.8 Å². The van der Waals surface area contributed by atoms with Gasteiger partial charge >= 0.3 is 5.97 Å². The highest BCUT2D eigenvalue weighted by atomic mass is 16.4. The van der Waals surface area contributed by atoms with Crippen LogP contribution >= 0.6 is 0 Å². The van der Waals surface area contributed by atoms with Crippen molar-refractivity contribution in [3.8, 4) is 0 Å². The highest BCUT2D eigenvalue weighted by molar-refractivity contribution is 5.85.